The maximum absolute atomic E-state index is 11.5. The smallest absolute Gasteiger partial charge is 0.316 e. The Hall–Kier alpha value is -1.06. The molecule has 0 aromatic heterocycles. The first-order chi connectivity index (χ1) is 6.06. The van der Waals surface area contributed by atoms with E-state index in [-0.39, 0.29) is 5.91 Å². The molecule has 13 heavy (non-hydrogen) atoms. The van der Waals surface area contributed by atoms with Crippen LogP contribution in [-0.4, -0.2) is 35.0 Å². The molecule has 74 valence electrons. The standard InChI is InChI=1S/C9H15NO3/c1-3-10-5-6(2)4-7(8(10)11)9(12)13/h6-7H,3-5H2,1-2H3,(H,12,13). The van der Waals surface area contributed by atoms with Gasteiger partial charge in [-0.3, -0.25) is 9.59 Å². The van der Waals surface area contributed by atoms with Crippen molar-refractivity contribution in [1.82, 2.24) is 4.90 Å². The Kier molecular flexibility index (Phi) is 2.90. The van der Waals surface area contributed by atoms with Crippen LogP contribution in [0.4, 0.5) is 0 Å². The molecule has 0 saturated carbocycles. The summed E-state index contributed by atoms with van der Waals surface area (Å²) in [6.45, 7) is 5.14. The van der Waals surface area contributed by atoms with Crippen molar-refractivity contribution >= 4 is 11.9 Å². The molecule has 1 N–H and O–H groups in total. The molecule has 4 heteroatoms. The molecule has 0 bridgehead atoms. The third kappa shape index (κ3) is 1.99. The second-order valence-electron chi connectivity index (χ2n) is 3.61. The molecular weight excluding hydrogens is 170 g/mol. The number of carboxylic acids is 1. The van der Waals surface area contributed by atoms with Gasteiger partial charge in [-0.1, -0.05) is 6.92 Å². The summed E-state index contributed by atoms with van der Waals surface area (Å²) in [4.78, 5) is 23.8. The Morgan fingerprint density at radius 1 is 1.69 bits per heavy atom. The van der Waals surface area contributed by atoms with Gasteiger partial charge in [0.1, 0.15) is 5.92 Å². The van der Waals surface area contributed by atoms with Crippen LogP contribution in [-0.2, 0) is 9.59 Å². The van der Waals surface area contributed by atoms with Gasteiger partial charge in [-0.25, -0.2) is 0 Å². The molecule has 1 aliphatic heterocycles. The molecule has 0 aromatic rings. The van der Waals surface area contributed by atoms with Gasteiger partial charge in [0.05, 0.1) is 0 Å². The van der Waals surface area contributed by atoms with Crippen molar-refractivity contribution in [1.29, 1.82) is 0 Å². The predicted octanol–water partition coefficient (Wildman–Crippen LogP) is 0.576. The Labute approximate surface area is 77.5 Å². The van der Waals surface area contributed by atoms with Crippen molar-refractivity contribution < 1.29 is 14.7 Å². The summed E-state index contributed by atoms with van der Waals surface area (Å²) in [5.41, 5.74) is 0. The van der Waals surface area contributed by atoms with E-state index in [1.807, 2.05) is 13.8 Å². The minimum absolute atomic E-state index is 0.229. The average Bonchev–Trinajstić information content (AvgIpc) is 2.08. The summed E-state index contributed by atoms with van der Waals surface area (Å²) < 4.78 is 0. The molecule has 1 aliphatic rings. The minimum Gasteiger partial charge on any atom is -0.481 e. The fourth-order valence-corrected chi connectivity index (χ4v) is 1.76. The molecule has 0 radical (unpaired) electrons. The molecule has 0 aromatic carbocycles. The van der Waals surface area contributed by atoms with Crippen LogP contribution >= 0.6 is 0 Å². The third-order valence-corrected chi connectivity index (χ3v) is 2.46. The Morgan fingerprint density at radius 2 is 2.31 bits per heavy atom. The number of likely N-dealkylation sites (tertiary alicyclic amines) is 1. The highest BCUT2D eigenvalue weighted by Crippen LogP contribution is 2.22. The van der Waals surface area contributed by atoms with Crippen LogP contribution in [0.3, 0.4) is 0 Å². The fraction of sp³-hybridized carbons (Fsp3) is 0.778. The molecular formula is C9H15NO3. The van der Waals surface area contributed by atoms with Crippen LogP contribution in [0.1, 0.15) is 20.3 Å². The van der Waals surface area contributed by atoms with E-state index in [4.69, 9.17) is 5.11 Å². The number of amides is 1. The highest BCUT2D eigenvalue weighted by atomic mass is 16.4. The van der Waals surface area contributed by atoms with E-state index >= 15 is 0 Å². The monoisotopic (exact) mass is 185 g/mol. The van der Waals surface area contributed by atoms with Crippen molar-refractivity contribution in [3.63, 3.8) is 0 Å². The molecule has 4 nitrogen and oxygen atoms in total. The summed E-state index contributed by atoms with van der Waals surface area (Å²) >= 11 is 0. The zero-order chi connectivity index (χ0) is 10.0. The lowest BCUT2D eigenvalue weighted by Gasteiger charge is -2.33. The zero-order valence-electron chi connectivity index (χ0n) is 7.99. The van der Waals surface area contributed by atoms with E-state index in [9.17, 15) is 9.59 Å². The molecule has 1 amide bonds. The number of hydrogen-bond donors (Lipinski definition) is 1. The van der Waals surface area contributed by atoms with Crippen LogP contribution in [0.25, 0.3) is 0 Å². The first-order valence-electron chi connectivity index (χ1n) is 4.57. The van der Waals surface area contributed by atoms with Gasteiger partial charge in [0.25, 0.3) is 0 Å². The highest BCUT2D eigenvalue weighted by molar-refractivity contribution is 5.97. The fourth-order valence-electron chi connectivity index (χ4n) is 1.76. The Balaban J connectivity index is 2.74. The van der Waals surface area contributed by atoms with E-state index < -0.39 is 11.9 Å². The van der Waals surface area contributed by atoms with Crippen LogP contribution in [0.15, 0.2) is 0 Å². The van der Waals surface area contributed by atoms with Gasteiger partial charge < -0.3 is 10.0 Å². The van der Waals surface area contributed by atoms with Gasteiger partial charge in [0.15, 0.2) is 0 Å². The third-order valence-electron chi connectivity index (χ3n) is 2.46. The second-order valence-corrected chi connectivity index (χ2v) is 3.61. The topological polar surface area (TPSA) is 57.6 Å². The minimum atomic E-state index is -0.991. The van der Waals surface area contributed by atoms with E-state index in [1.165, 1.54) is 0 Å². The summed E-state index contributed by atoms with van der Waals surface area (Å²) in [6.07, 6.45) is 0.477. The Bertz CT molecular complexity index is 227. The number of nitrogens with zero attached hydrogens (tertiary/aromatic N) is 1. The first-order valence-corrected chi connectivity index (χ1v) is 4.57. The van der Waals surface area contributed by atoms with Gasteiger partial charge in [0, 0.05) is 13.1 Å². The molecule has 1 heterocycles. The average molecular weight is 185 g/mol. The number of piperidine rings is 1. The molecule has 0 spiro atoms. The van der Waals surface area contributed by atoms with Gasteiger partial charge in [0.2, 0.25) is 5.91 Å². The number of carboxylic acid groups (broad SMARTS) is 1. The molecule has 2 unspecified atom stereocenters. The second kappa shape index (κ2) is 3.77. The van der Waals surface area contributed by atoms with Gasteiger partial charge >= 0.3 is 5.97 Å². The maximum Gasteiger partial charge on any atom is 0.316 e. The van der Waals surface area contributed by atoms with Gasteiger partial charge in [-0.2, -0.15) is 0 Å². The summed E-state index contributed by atoms with van der Waals surface area (Å²) in [5.74, 6) is -1.74. The Morgan fingerprint density at radius 3 is 2.77 bits per heavy atom. The highest BCUT2D eigenvalue weighted by Gasteiger charge is 2.36. The van der Waals surface area contributed by atoms with Crippen LogP contribution in [0.5, 0.6) is 0 Å². The SMILES string of the molecule is CCN1CC(C)CC(C(=O)O)C1=O. The van der Waals surface area contributed by atoms with Crippen LogP contribution in [0, 0.1) is 11.8 Å². The predicted molar refractivity (Wildman–Crippen MR) is 47.2 cm³/mol. The summed E-state index contributed by atoms with van der Waals surface area (Å²) in [6, 6.07) is 0. The molecule has 1 fully saturated rings. The number of carbonyl (C=O) groups excluding carboxylic acids is 1. The van der Waals surface area contributed by atoms with Gasteiger partial charge in [-0.15, -0.1) is 0 Å². The first kappa shape index (κ1) is 10.0. The summed E-state index contributed by atoms with van der Waals surface area (Å²) in [7, 11) is 0. The van der Waals surface area contributed by atoms with Gasteiger partial charge in [-0.05, 0) is 19.3 Å². The van der Waals surface area contributed by atoms with Crippen LogP contribution in [0.2, 0.25) is 0 Å². The molecule has 2 atom stereocenters. The van der Waals surface area contributed by atoms with Crippen molar-refractivity contribution in [2.45, 2.75) is 20.3 Å². The summed E-state index contributed by atoms with van der Waals surface area (Å²) in [5, 5.41) is 8.79. The van der Waals surface area contributed by atoms with E-state index in [1.54, 1.807) is 4.90 Å². The van der Waals surface area contributed by atoms with Crippen LogP contribution < -0.4 is 0 Å². The maximum atomic E-state index is 11.5. The number of rotatable bonds is 2. The largest absolute Gasteiger partial charge is 0.481 e. The number of hydrogen-bond acceptors (Lipinski definition) is 2. The van der Waals surface area contributed by atoms with E-state index in [0.717, 1.165) is 0 Å². The van der Waals surface area contributed by atoms with Crippen molar-refractivity contribution in [3.8, 4) is 0 Å². The van der Waals surface area contributed by atoms with Crippen molar-refractivity contribution in [3.05, 3.63) is 0 Å². The van der Waals surface area contributed by atoms with E-state index in [2.05, 4.69) is 0 Å². The van der Waals surface area contributed by atoms with Crippen molar-refractivity contribution in [2.24, 2.45) is 11.8 Å². The molecule has 0 aliphatic carbocycles. The zero-order valence-corrected chi connectivity index (χ0v) is 7.99. The lowest BCUT2D eigenvalue weighted by molar-refractivity contribution is -0.155. The lowest BCUT2D eigenvalue weighted by atomic mass is 9.90. The quantitative estimate of drug-likeness (QED) is 0.640. The lowest BCUT2D eigenvalue weighted by Crippen LogP contribution is -2.47. The van der Waals surface area contributed by atoms with Crippen molar-refractivity contribution in [2.75, 3.05) is 13.1 Å². The number of carbonyl (C=O) groups is 2. The molecule has 1 saturated heterocycles. The normalized spacial score (nSPS) is 29.1. The van der Waals surface area contributed by atoms with E-state index in [0.29, 0.717) is 25.4 Å². The number of aliphatic carboxylic acids is 1. The molecule has 1 rings (SSSR count).